The minimum atomic E-state index is 0.311. The average Bonchev–Trinajstić information content (AvgIpc) is 2.62. The van der Waals surface area contributed by atoms with Crippen LogP contribution in [0.2, 0.25) is 0 Å². The Labute approximate surface area is 146 Å². The molecule has 0 saturated carbocycles. The van der Waals surface area contributed by atoms with E-state index in [0.717, 1.165) is 18.7 Å². The second-order valence-corrected chi connectivity index (χ2v) is 5.86. The molecule has 0 bridgehead atoms. The lowest BCUT2D eigenvalue weighted by Gasteiger charge is -2.30. The maximum Gasteiger partial charge on any atom is 0.240 e. The second-order valence-electron chi connectivity index (χ2n) is 5.16. The molecule has 1 aromatic rings. The summed E-state index contributed by atoms with van der Waals surface area (Å²) in [5.41, 5.74) is 1.18. The van der Waals surface area contributed by atoms with E-state index in [0.29, 0.717) is 19.6 Å². The predicted molar refractivity (Wildman–Crippen MR) is 97.7 cm³/mol. The van der Waals surface area contributed by atoms with E-state index in [1.165, 1.54) is 31.8 Å². The molecule has 132 valence electrons. The molecule has 0 aliphatic carbocycles. The minimum absolute atomic E-state index is 0.311. The summed E-state index contributed by atoms with van der Waals surface area (Å²) in [4.78, 5) is 21.4. The van der Waals surface area contributed by atoms with E-state index < -0.39 is 0 Å². The number of aliphatic imine (C=N–C) groups is 1. The first kappa shape index (κ1) is 24.3. The first-order valence-corrected chi connectivity index (χ1v) is 9.05. The van der Waals surface area contributed by atoms with Gasteiger partial charge in [-0.2, -0.15) is 4.99 Å². The van der Waals surface area contributed by atoms with Crippen LogP contribution in [-0.4, -0.2) is 18.3 Å². The van der Waals surface area contributed by atoms with Gasteiger partial charge in [-0.15, -0.1) is 0 Å². The van der Waals surface area contributed by atoms with Crippen LogP contribution in [0.5, 0.6) is 0 Å². The Bertz CT molecular complexity index is 496. The van der Waals surface area contributed by atoms with Crippen LogP contribution in [-0.2, 0) is 14.2 Å². The molecule has 0 amide bonds. The fourth-order valence-corrected chi connectivity index (χ4v) is 2.64. The van der Waals surface area contributed by atoms with Crippen LogP contribution in [0.4, 0.5) is 5.69 Å². The Kier molecular flexibility index (Phi) is 17.7. The van der Waals surface area contributed by atoms with Crippen molar-refractivity contribution in [3.63, 3.8) is 0 Å². The molecule has 0 aliphatic heterocycles. The van der Waals surface area contributed by atoms with E-state index in [2.05, 4.69) is 25.8 Å². The topological polar surface area (TPSA) is 87.4 Å². The van der Waals surface area contributed by atoms with Crippen molar-refractivity contribution in [1.29, 1.82) is 5.41 Å². The molecule has 24 heavy (non-hydrogen) atoms. The summed E-state index contributed by atoms with van der Waals surface area (Å²) < 4.78 is 10.3. The Balaban J connectivity index is 0. The molecule has 0 fully saturated rings. The lowest BCUT2D eigenvalue weighted by molar-refractivity contribution is 0.227. The predicted octanol–water partition coefficient (Wildman–Crippen LogP) is 5.83. The molecule has 6 heteroatoms. The first-order valence-electron chi connectivity index (χ1n) is 8.05. The van der Waals surface area contributed by atoms with Gasteiger partial charge in [0.25, 0.3) is 0 Å². The highest BCUT2D eigenvalue weighted by Gasteiger charge is 2.22. The number of benzene rings is 1. The maximum absolute atomic E-state index is 10.3. The van der Waals surface area contributed by atoms with Crippen LogP contribution >= 0.6 is 8.46 Å². The number of rotatable bonds is 8. The maximum atomic E-state index is 10.3. The Hall–Kier alpha value is -1.92. The van der Waals surface area contributed by atoms with E-state index >= 15 is 0 Å². The summed E-state index contributed by atoms with van der Waals surface area (Å²) in [5, 5.41) is 5.40. The largest absolute Gasteiger partial charge is 0.275 e. The molecule has 0 radical (unpaired) electrons. The fourth-order valence-electron chi connectivity index (χ4n) is 2.35. The van der Waals surface area contributed by atoms with Gasteiger partial charge in [-0.25, -0.2) is 15.0 Å². The molecule has 0 heterocycles. The van der Waals surface area contributed by atoms with Crippen molar-refractivity contribution in [2.45, 2.75) is 52.9 Å². The average molecular weight is 350 g/mol. The van der Waals surface area contributed by atoms with Crippen molar-refractivity contribution in [2.24, 2.45) is 10.4 Å². The Morgan fingerprint density at radius 1 is 1.08 bits per heavy atom. The fraction of sp³-hybridized carbons (Fsp3) is 0.556. The number of hydrogen-bond donors (Lipinski definition) is 1. The van der Waals surface area contributed by atoms with Crippen molar-refractivity contribution in [3.8, 4) is 0 Å². The molecule has 0 atom stereocenters. The van der Waals surface area contributed by atoms with Gasteiger partial charge >= 0.3 is 0 Å². The van der Waals surface area contributed by atoms with Gasteiger partial charge in [-0.3, -0.25) is 4.57 Å². The lowest BCUT2D eigenvalue weighted by atomic mass is 9.76. The summed E-state index contributed by atoms with van der Waals surface area (Å²) >= 11 is 0. The van der Waals surface area contributed by atoms with Gasteiger partial charge in [0.05, 0.1) is 5.69 Å². The minimum Gasteiger partial charge on any atom is -0.275 e. The second kappa shape index (κ2) is 17.4. The Morgan fingerprint density at radius 2 is 1.58 bits per heavy atom. The summed E-state index contributed by atoms with van der Waals surface area (Å²) in [5.74, 6) is 0. The van der Waals surface area contributed by atoms with E-state index in [9.17, 15) is 9.36 Å². The van der Waals surface area contributed by atoms with E-state index in [1.54, 1.807) is 12.1 Å². The molecule has 0 unspecified atom stereocenters. The molecule has 1 N–H and O–H groups in total. The van der Waals surface area contributed by atoms with Gasteiger partial charge in [0.1, 0.15) is 0 Å². The third-order valence-corrected chi connectivity index (χ3v) is 4.64. The van der Waals surface area contributed by atoms with Crippen molar-refractivity contribution in [2.75, 3.05) is 6.16 Å². The van der Waals surface area contributed by atoms with Gasteiger partial charge in [-0.1, -0.05) is 58.2 Å². The van der Waals surface area contributed by atoms with Crippen molar-refractivity contribution >= 4 is 26.3 Å². The zero-order valence-corrected chi connectivity index (χ0v) is 15.6. The standard InChI is InChI=1S/C10H21OP.C7H5NO.CHNO/c1-4-10(5-2,6-3)8-7-9-12-11;9-6-8-7-4-2-1-3-5-7;2-1-3/h4-9H2,1-3H3;1-5H;2H. The number of hydrogen-bond acceptors (Lipinski definition) is 5. The quantitative estimate of drug-likeness (QED) is 0.277. The summed E-state index contributed by atoms with van der Waals surface area (Å²) in [6.45, 7) is 6.80. The highest BCUT2D eigenvalue weighted by molar-refractivity contribution is 7.23. The van der Waals surface area contributed by atoms with Crippen molar-refractivity contribution in [3.05, 3.63) is 30.3 Å². The van der Waals surface area contributed by atoms with Crippen LogP contribution in [0.1, 0.15) is 52.9 Å². The smallest absolute Gasteiger partial charge is 0.240 e. The summed E-state index contributed by atoms with van der Waals surface area (Å²) in [6, 6.07) is 8.98. The first-order chi connectivity index (χ1) is 11.6. The van der Waals surface area contributed by atoms with Gasteiger partial charge < -0.3 is 0 Å². The van der Waals surface area contributed by atoms with Gasteiger partial charge in [0, 0.05) is 6.16 Å². The van der Waals surface area contributed by atoms with Crippen LogP contribution in [0.15, 0.2) is 35.3 Å². The number of nitrogens with zero attached hydrogens (tertiary/aromatic N) is 1. The zero-order valence-electron chi connectivity index (χ0n) is 14.7. The normalized spacial score (nSPS) is 9.46. The van der Waals surface area contributed by atoms with Crippen LogP contribution < -0.4 is 0 Å². The molecule has 0 saturated heterocycles. The highest BCUT2D eigenvalue weighted by atomic mass is 31.1. The van der Waals surface area contributed by atoms with Crippen molar-refractivity contribution in [1.82, 2.24) is 0 Å². The SMILES string of the molecule is CCC(CC)(CC)CCCP=O.N=C=O.O=C=Nc1ccccc1. The van der Waals surface area contributed by atoms with E-state index in [1.807, 2.05) is 18.2 Å². The Morgan fingerprint density at radius 3 is 1.96 bits per heavy atom. The molecule has 5 nitrogen and oxygen atoms in total. The van der Waals surface area contributed by atoms with Gasteiger partial charge in [0.2, 0.25) is 12.2 Å². The molecule has 0 aromatic heterocycles. The van der Waals surface area contributed by atoms with Gasteiger partial charge in [0.15, 0.2) is 8.46 Å². The summed E-state index contributed by atoms with van der Waals surface area (Å²) in [7, 11) is 0.311. The molecule has 1 rings (SSSR count). The van der Waals surface area contributed by atoms with Gasteiger partial charge in [-0.05, 0) is 30.4 Å². The van der Waals surface area contributed by atoms with Crippen LogP contribution in [0.25, 0.3) is 0 Å². The molecule has 0 spiro atoms. The van der Waals surface area contributed by atoms with E-state index in [4.69, 9.17) is 10.2 Å². The third kappa shape index (κ3) is 12.6. The zero-order chi connectivity index (χ0) is 18.7. The third-order valence-electron chi connectivity index (χ3n) is 4.14. The molecular formula is C18H27N2O3P. The molecular weight excluding hydrogens is 323 g/mol. The molecule has 1 aromatic carbocycles. The number of para-hydroxylation sites is 1. The van der Waals surface area contributed by atoms with E-state index in [-0.39, 0.29) is 0 Å². The highest BCUT2D eigenvalue weighted by Crippen LogP contribution is 2.35. The van der Waals surface area contributed by atoms with Crippen LogP contribution in [0.3, 0.4) is 0 Å². The summed E-state index contributed by atoms with van der Waals surface area (Å²) in [6.07, 6.45) is 9.18. The molecule has 0 aliphatic rings. The lowest BCUT2D eigenvalue weighted by Crippen LogP contribution is -2.17. The monoisotopic (exact) mass is 350 g/mol. The van der Waals surface area contributed by atoms with Crippen molar-refractivity contribution < 1.29 is 14.2 Å². The number of isocyanates is 2. The number of carbonyl (C=O) groups excluding carboxylic acids is 2. The number of nitrogens with one attached hydrogen (secondary N) is 1. The van der Waals surface area contributed by atoms with Crippen LogP contribution in [0, 0.1) is 10.8 Å².